The monoisotopic (exact) mass is 170 g/mol. The van der Waals surface area contributed by atoms with Gasteiger partial charge in [0.15, 0.2) is 11.9 Å². The van der Waals surface area contributed by atoms with E-state index >= 15 is 0 Å². The molecule has 7 heteroatoms. The molecule has 1 aliphatic rings. The number of guanidine groups is 2. The third-order valence-corrected chi connectivity index (χ3v) is 1.59. The van der Waals surface area contributed by atoms with Crippen molar-refractivity contribution in [3.05, 3.63) is 0 Å². The van der Waals surface area contributed by atoms with E-state index < -0.39 is 6.03 Å². The second-order valence-corrected chi connectivity index (χ2v) is 2.36. The van der Waals surface area contributed by atoms with Crippen LogP contribution in [-0.4, -0.2) is 40.8 Å². The van der Waals surface area contributed by atoms with E-state index in [0.717, 1.165) is 9.80 Å². The minimum absolute atomic E-state index is 0.313. The maximum atomic E-state index is 11.2. The van der Waals surface area contributed by atoms with Gasteiger partial charge in [-0.25, -0.2) is 4.79 Å². The molecule has 0 radical (unpaired) electrons. The van der Waals surface area contributed by atoms with E-state index in [1.54, 1.807) is 0 Å². The van der Waals surface area contributed by atoms with E-state index in [1.165, 1.54) is 0 Å². The molecule has 1 fully saturated rings. The van der Waals surface area contributed by atoms with Crippen molar-refractivity contribution < 1.29 is 4.79 Å². The van der Waals surface area contributed by atoms with E-state index in [9.17, 15) is 4.79 Å². The fourth-order valence-corrected chi connectivity index (χ4v) is 0.984. The molecule has 0 unspecified atom stereocenters. The lowest BCUT2D eigenvalue weighted by Crippen LogP contribution is -2.43. The third-order valence-electron chi connectivity index (χ3n) is 1.59. The number of hydrogen-bond acceptors (Lipinski definition) is 3. The quantitative estimate of drug-likeness (QED) is 0.261. The lowest BCUT2D eigenvalue weighted by molar-refractivity contribution is 0.220. The number of nitrogens with two attached hydrogens (primary N) is 2. The molecule has 66 valence electrons. The Balaban J connectivity index is 2.74. The van der Waals surface area contributed by atoms with E-state index in [0.29, 0.717) is 13.1 Å². The number of carbonyl (C=O) groups is 1. The maximum Gasteiger partial charge on any atom is 0.333 e. The summed E-state index contributed by atoms with van der Waals surface area (Å²) >= 11 is 0. The predicted octanol–water partition coefficient (Wildman–Crippen LogP) is -1.49. The molecule has 0 aromatic carbocycles. The van der Waals surface area contributed by atoms with Crippen LogP contribution in [0.1, 0.15) is 0 Å². The summed E-state index contributed by atoms with van der Waals surface area (Å²) in [5.41, 5.74) is 10.2. The van der Waals surface area contributed by atoms with Crippen molar-refractivity contribution in [2.75, 3.05) is 13.1 Å². The molecule has 1 rings (SSSR count). The molecule has 6 N–H and O–H groups in total. The van der Waals surface area contributed by atoms with Gasteiger partial charge in [-0.3, -0.25) is 20.6 Å². The average Bonchev–Trinajstić information content (AvgIpc) is 2.30. The van der Waals surface area contributed by atoms with E-state index in [1.807, 2.05) is 0 Å². The molecular weight excluding hydrogens is 160 g/mol. The van der Waals surface area contributed by atoms with Gasteiger partial charge in [0.1, 0.15) is 0 Å². The largest absolute Gasteiger partial charge is 0.370 e. The van der Waals surface area contributed by atoms with Crippen molar-refractivity contribution in [1.29, 1.82) is 10.8 Å². The van der Waals surface area contributed by atoms with Gasteiger partial charge in [-0.1, -0.05) is 0 Å². The molecule has 2 amide bonds. The van der Waals surface area contributed by atoms with Crippen LogP contribution in [0.25, 0.3) is 0 Å². The van der Waals surface area contributed by atoms with Gasteiger partial charge < -0.3 is 11.5 Å². The van der Waals surface area contributed by atoms with Gasteiger partial charge in [-0.05, 0) is 0 Å². The molecule has 0 aromatic heterocycles. The summed E-state index contributed by atoms with van der Waals surface area (Å²) in [6, 6.07) is -0.505. The topological polar surface area (TPSA) is 123 Å². The molecule has 12 heavy (non-hydrogen) atoms. The summed E-state index contributed by atoms with van der Waals surface area (Å²) in [4.78, 5) is 13.3. The second kappa shape index (κ2) is 2.68. The molecule has 1 heterocycles. The predicted molar refractivity (Wildman–Crippen MR) is 42.6 cm³/mol. The van der Waals surface area contributed by atoms with E-state index in [2.05, 4.69) is 0 Å². The van der Waals surface area contributed by atoms with Gasteiger partial charge in [0.05, 0.1) is 0 Å². The normalized spacial score (nSPS) is 16.8. The first kappa shape index (κ1) is 8.31. The first-order valence-electron chi connectivity index (χ1n) is 3.31. The zero-order valence-electron chi connectivity index (χ0n) is 6.37. The van der Waals surface area contributed by atoms with E-state index in [-0.39, 0.29) is 11.9 Å². The molecule has 0 aliphatic carbocycles. The Morgan fingerprint density at radius 2 is 1.50 bits per heavy atom. The average molecular weight is 170 g/mol. The van der Waals surface area contributed by atoms with Crippen molar-refractivity contribution >= 4 is 18.0 Å². The van der Waals surface area contributed by atoms with Crippen molar-refractivity contribution in [3.8, 4) is 0 Å². The lowest BCUT2D eigenvalue weighted by Gasteiger charge is -2.14. The van der Waals surface area contributed by atoms with Crippen LogP contribution in [0.3, 0.4) is 0 Å². The highest BCUT2D eigenvalue weighted by molar-refractivity contribution is 6.03. The van der Waals surface area contributed by atoms with Gasteiger partial charge in [-0.2, -0.15) is 0 Å². The van der Waals surface area contributed by atoms with Crippen LogP contribution < -0.4 is 11.5 Å². The molecule has 0 saturated carbocycles. The summed E-state index contributed by atoms with van der Waals surface area (Å²) in [7, 11) is 0. The summed E-state index contributed by atoms with van der Waals surface area (Å²) in [6.07, 6.45) is 0. The van der Waals surface area contributed by atoms with Gasteiger partial charge >= 0.3 is 6.03 Å². The Hall–Kier alpha value is -1.79. The van der Waals surface area contributed by atoms with Crippen molar-refractivity contribution in [3.63, 3.8) is 0 Å². The smallest absolute Gasteiger partial charge is 0.333 e. The Morgan fingerprint density at radius 1 is 1.17 bits per heavy atom. The molecule has 0 aromatic rings. The molecule has 0 atom stereocenters. The Kier molecular flexibility index (Phi) is 1.86. The highest BCUT2D eigenvalue weighted by Gasteiger charge is 2.31. The maximum absolute atomic E-state index is 11.2. The van der Waals surface area contributed by atoms with Gasteiger partial charge in [0.25, 0.3) is 0 Å². The summed E-state index contributed by atoms with van der Waals surface area (Å²) in [6.45, 7) is 0.626. The summed E-state index contributed by atoms with van der Waals surface area (Å²) in [5, 5.41) is 14.0. The first-order valence-corrected chi connectivity index (χ1v) is 3.31. The SMILES string of the molecule is N=C(N)N1CCN(C(=N)N)C1=O. The van der Waals surface area contributed by atoms with Gasteiger partial charge in [-0.15, -0.1) is 0 Å². The summed E-state index contributed by atoms with van der Waals surface area (Å²) < 4.78 is 0. The number of urea groups is 1. The van der Waals surface area contributed by atoms with Crippen LogP contribution in [0.2, 0.25) is 0 Å². The number of hydrogen-bond donors (Lipinski definition) is 4. The summed E-state index contributed by atoms with van der Waals surface area (Å²) in [5.74, 6) is -0.632. The van der Waals surface area contributed by atoms with Crippen molar-refractivity contribution in [2.45, 2.75) is 0 Å². The van der Waals surface area contributed by atoms with Crippen LogP contribution in [0.4, 0.5) is 4.79 Å². The standard InChI is InChI=1S/C5H10N6O/c6-3(7)10-1-2-11(4(8)9)5(10)12/h1-2H2,(H3,6,7)(H3,8,9). The molecule has 1 saturated heterocycles. The Morgan fingerprint density at radius 3 is 1.67 bits per heavy atom. The molecule has 0 bridgehead atoms. The first-order chi connectivity index (χ1) is 5.54. The highest BCUT2D eigenvalue weighted by Crippen LogP contribution is 2.05. The molecule has 7 nitrogen and oxygen atoms in total. The molecule has 1 aliphatic heterocycles. The Bertz CT molecular complexity index is 224. The second-order valence-electron chi connectivity index (χ2n) is 2.36. The van der Waals surface area contributed by atoms with Crippen LogP contribution in [0.15, 0.2) is 0 Å². The third kappa shape index (κ3) is 1.16. The highest BCUT2D eigenvalue weighted by atomic mass is 16.2. The molecule has 0 spiro atoms. The minimum atomic E-state index is -0.505. The van der Waals surface area contributed by atoms with Crippen molar-refractivity contribution in [2.24, 2.45) is 11.5 Å². The zero-order chi connectivity index (χ0) is 9.30. The van der Waals surface area contributed by atoms with Crippen LogP contribution in [0.5, 0.6) is 0 Å². The lowest BCUT2D eigenvalue weighted by atomic mass is 10.6. The number of nitrogens with zero attached hydrogens (tertiary/aromatic N) is 2. The van der Waals surface area contributed by atoms with Gasteiger partial charge in [0.2, 0.25) is 0 Å². The number of rotatable bonds is 0. The number of nitrogens with one attached hydrogen (secondary N) is 2. The number of amides is 2. The van der Waals surface area contributed by atoms with Crippen molar-refractivity contribution in [1.82, 2.24) is 9.80 Å². The fraction of sp³-hybridized carbons (Fsp3) is 0.400. The van der Waals surface area contributed by atoms with Gasteiger partial charge in [0, 0.05) is 13.1 Å². The number of carbonyl (C=O) groups excluding carboxylic acids is 1. The van der Waals surface area contributed by atoms with Crippen LogP contribution in [0, 0.1) is 10.8 Å². The Labute approximate surface area is 68.9 Å². The minimum Gasteiger partial charge on any atom is -0.370 e. The molecular formula is C5H10N6O. The van der Waals surface area contributed by atoms with E-state index in [4.69, 9.17) is 22.3 Å². The van der Waals surface area contributed by atoms with Crippen LogP contribution in [-0.2, 0) is 0 Å². The zero-order valence-corrected chi connectivity index (χ0v) is 6.37. The van der Waals surface area contributed by atoms with Crippen LogP contribution >= 0.6 is 0 Å². The fourth-order valence-electron chi connectivity index (χ4n) is 0.984.